The van der Waals surface area contributed by atoms with Crippen molar-refractivity contribution < 1.29 is 8.98 Å². The van der Waals surface area contributed by atoms with Crippen LogP contribution in [-0.4, -0.2) is 0 Å². The van der Waals surface area contributed by atoms with Gasteiger partial charge in [-0.1, -0.05) is 0 Å². The summed E-state index contributed by atoms with van der Waals surface area (Å²) in [6, 6.07) is 0. The van der Waals surface area contributed by atoms with Crippen LogP contribution in [0.25, 0.3) is 0 Å². The van der Waals surface area contributed by atoms with E-state index in [0.29, 0.717) is 0 Å². The fourth-order valence-corrected chi connectivity index (χ4v) is 0.297. The van der Waals surface area contributed by atoms with Gasteiger partial charge in [-0.05, 0) is 0 Å². The molecule has 0 aromatic carbocycles. The molecule has 0 bridgehead atoms. The van der Waals surface area contributed by atoms with Crippen LogP contribution in [0.5, 0.6) is 0 Å². The van der Waals surface area contributed by atoms with Gasteiger partial charge in [0, 0.05) is 0 Å². The molecular weight excluding hydrogens is 78.0 g/mol. The van der Waals surface area contributed by atoms with E-state index in [0.717, 1.165) is 0 Å². The van der Waals surface area contributed by atoms with Crippen molar-refractivity contribution in [2.45, 2.75) is 0 Å². The number of nitrogens with zero attached hydrogens (tertiary/aromatic N) is 1. The summed E-state index contributed by atoms with van der Waals surface area (Å²) in [7, 11) is 1.91. The van der Waals surface area contributed by atoms with Crippen molar-refractivity contribution >= 4 is 0 Å². The van der Waals surface area contributed by atoms with Gasteiger partial charge in [-0.2, -0.15) is 4.57 Å². The Labute approximate surface area is 36.0 Å². The number of oxazole rings is 1. The van der Waals surface area contributed by atoms with Crippen molar-refractivity contribution in [1.82, 2.24) is 0 Å². The van der Waals surface area contributed by atoms with Gasteiger partial charge in [0.05, 0.1) is 0 Å². The second kappa shape index (κ2) is 1.12. The Kier molecular flexibility index (Phi) is 0.638. The van der Waals surface area contributed by atoms with Crippen molar-refractivity contribution in [2.24, 2.45) is 7.05 Å². The number of hydrogen-bond acceptors (Lipinski definition) is 1. The highest BCUT2D eigenvalue weighted by Crippen LogP contribution is 1.69. The molecule has 2 heteroatoms. The van der Waals surface area contributed by atoms with E-state index in [1.165, 1.54) is 0 Å². The Hall–Kier alpha value is -0.790. The first-order valence-electron chi connectivity index (χ1n) is 1.77. The topological polar surface area (TPSA) is 17.0 Å². The van der Waals surface area contributed by atoms with E-state index in [1.807, 2.05) is 17.8 Å². The van der Waals surface area contributed by atoms with Gasteiger partial charge >= 0.3 is 6.39 Å². The average molecular weight is 84.1 g/mol. The second-order valence-electron chi connectivity index (χ2n) is 1.19. The summed E-state index contributed by atoms with van der Waals surface area (Å²) in [5.41, 5.74) is 0. The molecule has 0 amide bonds. The molecular formula is C4H6NO+. The maximum Gasteiger partial charge on any atom is 0.334 e. The van der Waals surface area contributed by atoms with Gasteiger partial charge in [0.2, 0.25) is 6.20 Å². The molecule has 0 aliphatic rings. The molecule has 0 fully saturated rings. The number of hydrogen-bond donors (Lipinski definition) is 0. The molecule has 1 aromatic rings. The molecule has 1 rings (SSSR count). The highest BCUT2D eigenvalue weighted by atomic mass is 16.3. The van der Waals surface area contributed by atoms with Crippen LogP contribution in [0, 0.1) is 0 Å². The summed E-state index contributed by atoms with van der Waals surface area (Å²) in [5.74, 6) is 0. The van der Waals surface area contributed by atoms with Crippen LogP contribution < -0.4 is 4.57 Å². The molecule has 0 aliphatic heterocycles. The van der Waals surface area contributed by atoms with Crippen LogP contribution in [0.15, 0.2) is 23.3 Å². The Morgan fingerprint density at radius 2 is 2.50 bits per heavy atom. The smallest absolute Gasteiger partial charge is 0.334 e. The van der Waals surface area contributed by atoms with Gasteiger partial charge in [0.1, 0.15) is 7.05 Å². The SMILES string of the molecule is C[n+]1ccoc1. The number of aryl methyl sites for hydroxylation is 1. The maximum atomic E-state index is 4.68. The van der Waals surface area contributed by atoms with Crippen molar-refractivity contribution in [2.75, 3.05) is 0 Å². The molecule has 0 unspecified atom stereocenters. The van der Waals surface area contributed by atoms with Crippen molar-refractivity contribution in [3.8, 4) is 0 Å². The Morgan fingerprint density at radius 1 is 1.67 bits per heavy atom. The normalized spacial score (nSPS) is 8.83. The zero-order valence-electron chi connectivity index (χ0n) is 3.59. The molecule has 0 radical (unpaired) electrons. The van der Waals surface area contributed by atoms with E-state index in [4.69, 9.17) is 0 Å². The summed E-state index contributed by atoms with van der Waals surface area (Å²) < 4.78 is 6.51. The van der Waals surface area contributed by atoms with E-state index >= 15 is 0 Å². The maximum absolute atomic E-state index is 4.68. The first-order valence-corrected chi connectivity index (χ1v) is 1.77. The lowest BCUT2D eigenvalue weighted by Crippen LogP contribution is -2.22. The van der Waals surface area contributed by atoms with Gasteiger partial charge in [0.25, 0.3) is 0 Å². The molecule has 32 valence electrons. The third-order valence-electron chi connectivity index (χ3n) is 0.602. The summed E-state index contributed by atoms with van der Waals surface area (Å²) in [5, 5.41) is 0. The minimum atomic E-state index is 1.62. The predicted molar refractivity (Wildman–Crippen MR) is 19.9 cm³/mol. The lowest BCUT2D eigenvalue weighted by Gasteiger charge is -1.60. The lowest BCUT2D eigenvalue weighted by molar-refractivity contribution is -0.674. The van der Waals surface area contributed by atoms with Gasteiger partial charge in [-0.25, -0.2) is 0 Å². The first-order chi connectivity index (χ1) is 2.89. The van der Waals surface area contributed by atoms with Crippen LogP contribution in [-0.2, 0) is 7.05 Å². The highest BCUT2D eigenvalue weighted by Gasteiger charge is 1.83. The van der Waals surface area contributed by atoms with Crippen molar-refractivity contribution in [3.63, 3.8) is 0 Å². The molecule has 0 aliphatic carbocycles. The van der Waals surface area contributed by atoms with Gasteiger partial charge in [0.15, 0.2) is 6.26 Å². The van der Waals surface area contributed by atoms with Crippen molar-refractivity contribution in [3.05, 3.63) is 18.9 Å². The molecule has 0 saturated heterocycles. The molecule has 0 atom stereocenters. The Bertz CT molecular complexity index is 111. The zero-order chi connectivity index (χ0) is 4.41. The van der Waals surface area contributed by atoms with E-state index in [9.17, 15) is 0 Å². The van der Waals surface area contributed by atoms with Crippen LogP contribution in [0.1, 0.15) is 0 Å². The highest BCUT2D eigenvalue weighted by molar-refractivity contribution is 4.44. The molecule has 2 nitrogen and oxygen atoms in total. The quantitative estimate of drug-likeness (QED) is 0.407. The van der Waals surface area contributed by atoms with Crippen LogP contribution in [0.3, 0.4) is 0 Å². The average Bonchev–Trinajstić information content (AvgIpc) is 1.86. The zero-order valence-corrected chi connectivity index (χ0v) is 3.59. The summed E-state index contributed by atoms with van der Waals surface area (Å²) >= 11 is 0. The largest absolute Gasteiger partial charge is 0.412 e. The molecule has 6 heavy (non-hydrogen) atoms. The third kappa shape index (κ3) is 0.407. The molecule has 0 spiro atoms. The van der Waals surface area contributed by atoms with Gasteiger partial charge in [-0.15, -0.1) is 0 Å². The summed E-state index contributed by atoms with van der Waals surface area (Å²) in [4.78, 5) is 0. The van der Waals surface area contributed by atoms with Gasteiger partial charge in [-0.3, -0.25) is 0 Å². The fraction of sp³-hybridized carbons (Fsp3) is 0.250. The minimum absolute atomic E-state index is 1.62. The first kappa shape index (κ1) is 3.40. The molecule has 1 heterocycles. The Balaban J connectivity index is 3.05. The fourth-order valence-electron chi connectivity index (χ4n) is 0.297. The van der Waals surface area contributed by atoms with E-state index < -0.39 is 0 Å². The lowest BCUT2D eigenvalue weighted by atomic mass is 10.9. The summed E-state index contributed by atoms with van der Waals surface area (Å²) in [6.07, 6.45) is 5.08. The summed E-state index contributed by atoms with van der Waals surface area (Å²) in [6.45, 7) is 0. The third-order valence-corrected chi connectivity index (χ3v) is 0.602. The molecule has 1 aromatic heterocycles. The number of aromatic nitrogens is 1. The van der Waals surface area contributed by atoms with Crippen LogP contribution >= 0.6 is 0 Å². The monoisotopic (exact) mass is 84.0 g/mol. The number of rotatable bonds is 0. The minimum Gasteiger partial charge on any atom is -0.412 e. The van der Waals surface area contributed by atoms with E-state index in [2.05, 4.69) is 4.42 Å². The second-order valence-corrected chi connectivity index (χ2v) is 1.19. The van der Waals surface area contributed by atoms with E-state index in [1.54, 1.807) is 12.7 Å². The van der Waals surface area contributed by atoms with Crippen molar-refractivity contribution in [1.29, 1.82) is 0 Å². The standard InChI is InChI=1S/C4H6NO/c1-5-2-3-6-4-5/h2-4H,1H3/q+1. The predicted octanol–water partition coefficient (Wildman–Crippen LogP) is 0.104. The van der Waals surface area contributed by atoms with Gasteiger partial charge < -0.3 is 4.42 Å². The Morgan fingerprint density at radius 3 is 2.67 bits per heavy atom. The van der Waals surface area contributed by atoms with Crippen LogP contribution in [0.2, 0.25) is 0 Å². The van der Waals surface area contributed by atoms with Crippen LogP contribution in [0.4, 0.5) is 0 Å². The molecule has 0 saturated carbocycles. The molecule has 0 N–H and O–H groups in total. The van der Waals surface area contributed by atoms with E-state index in [-0.39, 0.29) is 0 Å².